The van der Waals surface area contributed by atoms with Crippen LogP contribution in [0.4, 0.5) is 5.69 Å². The second kappa shape index (κ2) is 10.2. The third-order valence-corrected chi connectivity index (χ3v) is 6.91. The molecule has 0 saturated carbocycles. The van der Waals surface area contributed by atoms with Crippen molar-refractivity contribution in [3.8, 4) is 0 Å². The van der Waals surface area contributed by atoms with Crippen LogP contribution in [-0.2, 0) is 10.0 Å². The molecule has 4 rings (SSSR count). The Labute approximate surface area is 192 Å². The second-order valence-electron chi connectivity index (χ2n) is 6.77. The van der Waals surface area contributed by atoms with Crippen LogP contribution in [0.1, 0.15) is 11.1 Å². The number of para-hydroxylation sites is 1. The molecule has 32 heavy (non-hydrogen) atoms. The van der Waals surface area contributed by atoms with Crippen LogP contribution in [0.25, 0.3) is 0 Å². The molecule has 0 N–H and O–H groups in total. The fourth-order valence-electron chi connectivity index (χ4n) is 2.90. The lowest BCUT2D eigenvalue weighted by Gasteiger charge is -2.10. The van der Waals surface area contributed by atoms with E-state index in [-0.39, 0.29) is 4.90 Å². The normalized spacial score (nSPS) is 12.5. The maximum Gasteiger partial charge on any atom is 0.283 e. The summed E-state index contributed by atoms with van der Waals surface area (Å²) >= 11 is 1.23. The Balaban J connectivity index is 1.82. The molecule has 0 saturated heterocycles. The van der Waals surface area contributed by atoms with Gasteiger partial charge in [-0.2, -0.15) is 12.8 Å². The number of sulfonamides is 1. The van der Waals surface area contributed by atoms with E-state index in [2.05, 4.69) is 4.40 Å². The number of thioether (sulfide) groups is 1. The third-order valence-electron chi connectivity index (χ3n) is 4.47. The van der Waals surface area contributed by atoms with Gasteiger partial charge >= 0.3 is 0 Å². The van der Waals surface area contributed by atoms with Crippen molar-refractivity contribution in [3.05, 3.63) is 132 Å². The SMILES string of the molecule is O=S(=O)(N=C(SC(=Nc1ccccc1)c1ccccc1)c1ccccc1)c1ccccc1. The van der Waals surface area contributed by atoms with E-state index in [1.165, 1.54) is 11.8 Å². The Bertz CT molecular complexity index is 1320. The van der Waals surface area contributed by atoms with Gasteiger partial charge in [-0.25, -0.2) is 4.99 Å². The average Bonchev–Trinajstić information content (AvgIpc) is 2.85. The lowest BCUT2D eigenvalue weighted by molar-refractivity contribution is 0.598. The molecule has 0 spiro atoms. The van der Waals surface area contributed by atoms with Gasteiger partial charge in [0.15, 0.2) is 0 Å². The van der Waals surface area contributed by atoms with Gasteiger partial charge < -0.3 is 0 Å². The van der Waals surface area contributed by atoms with Crippen LogP contribution in [0.5, 0.6) is 0 Å². The topological polar surface area (TPSA) is 58.9 Å². The largest absolute Gasteiger partial charge is 0.283 e. The van der Waals surface area contributed by atoms with Crippen LogP contribution in [-0.4, -0.2) is 18.5 Å². The molecule has 0 amide bonds. The van der Waals surface area contributed by atoms with Gasteiger partial charge in [-0.05, 0) is 36.0 Å². The fraction of sp³-hybridized carbons (Fsp3) is 0. The predicted molar refractivity (Wildman–Crippen MR) is 133 cm³/mol. The summed E-state index contributed by atoms with van der Waals surface area (Å²) in [6.45, 7) is 0. The van der Waals surface area contributed by atoms with E-state index >= 15 is 0 Å². The molecule has 0 unspecified atom stereocenters. The molecule has 4 aromatic rings. The molecule has 0 atom stereocenters. The molecule has 0 bridgehead atoms. The van der Waals surface area contributed by atoms with Crippen molar-refractivity contribution in [3.63, 3.8) is 0 Å². The van der Waals surface area contributed by atoms with Crippen molar-refractivity contribution in [1.29, 1.82) is 0 Å². The van der Waals surface area contributed by atoms with E-state index in [1.807, 2.05) is 91.0 Å². The monoisotopic (exact) mass is 456 g/mol. The molecule has 0 aliphatic rings. The second-order valence-corrected chi connectivity index (χ2v) is 9.35. The van der Waals surface area contributed by atoms with Crippen LogP contribution in [0.15, 0.2) is 136 Å². The van der Waals surface area contributed by atoms with E-state index < -0.39 is 10.0 Å². The van der Waals surface area contributed by atoms with Gasteiger partial charge in [0, 0.05) is 11.1 Å². The first-order valence-corrected chi connectivity index (χ1v) is 12.2. The Morgan fingerprint density at radius 3 is 1.53 bits per heavy atom. The van der Waals surface area contributed by atoms with E-state index in [4.69, 9.17) is 4.99 Å². The van der Waals surface area contributed by atoms with Crippen LogP contribution >= 0.6 is 11.8 Å². The summed E-state index contributed by atoms with van der Waals surface area (Å²) in [4.78, 5) is 4.95. The molecule has 158 valence electrons. The van der Waals surface area contributed by atoms with Gasteiger partial charge in [0.2, 0.25) is 0 Å². The molecule has 4 nitrogen and oxygen atoms in total. The van der Waals surface area contributed by atoms with E-state index in [0.717, 1.165) is 11.3 Å². The molecule has 0 radical (unpaired) electrons. The van der Waals surface area contributed by atoms with Gasteiger partial charge in [0.1, 0.15) is 10.1 Å². The Hall–Kier alpha value is -3.48. The maximum atomic E-state index is 13.1. The summed E-state index contributed by atoms with van der Waals surface area (Å²) in [7, 11) is -3.90. The molecular formula is C26H20N2O2S2. The molecule has 0 aliphatic heterocycles. The average molecular weight is 457 g/mol. The summed E-state index contributed by atoms with van der Waals surface area (Å²) in [6, 6.07) is 36.8. The van der Waals surface area contributed by atoms with Gasteiger partial charge in [0.05, 0.1) is 10.6 Å². The summed E-state index contributed by atoms with van der Waals surface area (Å²) in [5.41, 5.74) is 2.35. The van der Waals surface area contributed by atoms with Crippen LogP contribution in [0.2, 0.25) is 0 Å². The molecule has 4 aromatic carbocycles. The first-order valence-electron chi connectivity index (χ1n) is 9.94. The van der Waals surface area contributed by atoms with Crippen LogP contribution < -0.4 is 0 Å². The van der Waals surface area contributed by atoms with Crippen molar-refractivity contribution < 1.29 is 8.42 Å². The molecular weight excluding hydrogens is 436 g/mol. The van der Waals surface area contributed by atoms with Crippen molar-refractivity contribution in [2.75, 3.05) is 0 Å². The van der Waals surface area contributed by atoms with Crippen molar-refractivity contribution >= 4 is 37.6 Å². The van der Waals surface area contributed by atoms with Crippen LogP contribution in [0, 0.1) is 0 Å². The van der Waals surface area contributed by atoms with E-state index in [0.29, 0.717) is 15.7 Å². The van der Waals surface area contributed by atoms with Crippen molar-refractivity contribution in [1.82, 2.24) is 0 Å². The smallest absolute Gasteiger partial charge is 0.241 e. The van der Waals surface area contributed by atoms with E-state index in [9.17, 15) is 8.42 Å². The molecule has 6 heteroatoms. The van der Waals surface area contributed by atoms with Gasteiger partial charge in [-0.1, -0.05) is 97.1 Å². The minimum Gasteiger partial charge on any atom is -0.241 e. The summed E-state index contributed by atoms with van der Waals surface area (Å²) in [5.74, 6) is 0. The minimum absolute atomic E-state index is 0.148. The highest BCUT2D eigenvalue weighted by molar-refractivity contribution is 8.27. The van der Waals surface area contributed by atoms with Gasteiger partial charge in [-0.3, -0.25) is 0 Å². The Morgan fingerprint density at radius 1 is 0.562 bits per heavy atom. The zero-order valence-corrected chi connectivity index (χ0v) is 18.7. The molecule has 0 fully saturated rings. The number of benzene rings is 4. The highest BCUT2D eigenvalue weighted by Gasteiger charge is 2.18. The highest BCUT2D eigenvalue weighted by Crippen LogP contribution is 2.26. The highest BCUT2D eigenvalue weighted by atomic mass is 32.2. The first-order chi connectivity index (χ1) is 15.6. The maximum absolute atomic E-state index is 13.1. The summed E-state index contributed by atoms with van der Waals surface area (Å²) in [6.07, 6.45) is 0. The quantitative estimate of drug-likeness (QED) is 0.260. The Kier molecular flexibility index (Phi) is 6.94. The standard InChI is InChI=1S/C26H20N2O2S2/c29-32(30,24-19-11-4-12-20-24)28-26(22-15-7-2-8-16-22)31-25(21-13-5-1-6-14-21)27-23-17-9-3-10-18-23/h1-20H. The molecule has 0 aromatic heterocycles. The van der Waals surface area contributed by atoms with Gasteiger partial charge in [0.25, 0.3) is 10.0 Å². The number of rotatable bonds is 5. The zero-order valence-electron chi connectivity index (χ0n) is 17.1. The third kappa shape index (κ3) is 5.60. The first kappa shape index (κ1) is 21.7. The zero-order chi connectivity index (χ0) is 22.2. The number of hydrogen-bond acceptors (Lipinski definition) is 4. The summed E-state index contributed by atoms with van der Waals surface area (Å²) in [5, 5.41) is 1.01. The number of hydrogen-bond donors (Lipinski definition) is 0. The lowest BCUT2D eigenvalue weighted by Crippen LogP contribution is -2.07. The number of nitrogens with zero attached hydrogens (tertiary/aromatic N) is 2. The predicted octanol–water partition coefficient (Wildman–Crippen LogP) is 6.33. The lowest BCUT2D eigenvalue weighted by atomic mass is 10.2. The van der Waals surface area contributed by atoms with Crippen molar-refractivity contribution in [2.24, 2.45) is 9.39 Å². The fourth-order valence-corrected chi connectivity index (χ4v) is 5.12. The number of aliphatic imine (C=N–C) groups is 1. The van der Waals surface area contributed by atoms with Gasteiger partial charge in [-0.15, -0.1) is 0 Å². The van der Waals surface area contributed by atoms with E-state index in [1.54, 1.807) is 30.3 Å². The summed E-state index contributed by atoms with van der Waals surface area (Å²) < 4.78 is 30.3. The molecule has 0 aliphatic carbocycles. The molecule has 0 heterocycles. The van der Waals surface area contributed by atoms with Crippen LogP contribution in [0.3, 0.4) is 0 Å². The van der Waals surface area contributed by atoms with Crippen molar-refractivity contribution in [2.45, 2.75) is 4.90 Å². The minimum atomic E-state index is -3.90. The Morgan fingerprint density at radius 2 is 1.00 bits per heavy atom.